The standard InChI is InChI=1S/C22H21N3O3/c1-13-7-5-6-8-14(13)18-11-16(17(12-23)22(24)25-18)15-9-10-19(26-2)21(28-4)20(15)27-3/h5-11H,1-4H3,(H2,24,25). The average Bonchev–Trinajstić information content (AvgIpc) is 2.72. The van der Waals surface area contributed by atoms with Crippen LogP contribution in [-0.4, -0.2) is 26.3 Å². The molecule has 1 heterocycles. The summed E-state index contributed by atoms with van der Waals surface area (Å²) in [5.74, 6) is 1.59. The number of rotatable bonds is 5. The molecule has 0 aliphatic carbocycles. The van der Waals surface area contributed by atoms with Gasteiger partial charge in [0.2, 0.25) is 5.75 Å². The molecule has 28 heavy (non-hydrogen) atoms. The third kappa shape index (κ3) is 3.19. The summed E-state index contributed by atoms with van der Waals surface area (Å²) >= 11 is 0. The second-order valence-corrected chi connectivity index (χ2v) is 6.12. The van der Waals surface area contributed by atoms with E-state index in [-0.39, 0.29) is 11.4 Å². The lowest BCUT2D eigenvalue weighted by molar-refractivity contribution is 0.325. The fourth-order valence-corrected chi connectivity index (χ4v) is 3.21. The maximum Gasteiger partial charge on any atom is 0.203 e. The Balaban J connectivity index is 2.34. The molecule has 1 aromatic heterocycles. The highest BCUT2D eigenvalue weighted by Gasteiger charge is 2.22. The average molecular weight is 375 g/mol. The maximum atomic E-state index is 9.70. The van der Waals surface area contributed by atoms with Gasteiger partial charge in [-0.25, -0.2) is 4.98 Å². The molecule has 6 nitrogen and oxygen atoms in total. The van der Waals surface area contributed by atoms with E-state index in [1.54, 1.807) is 20.3 Å². The molecule has 0 aliphatic heterocycles. The number of nitrogens with two attached hydrogens (primary N) is 1. The number of nitriles is 1. The van der Waals surface area contributed by atoms with E-state index in [0.29, 0.717) is 34.1 Å². The van der Waals surface area contributed by atoms with E-state index in [1.165, 1.54) is 7.11 Å². The third-order valence-electron chi connectivity index (χ3n) is 4.57. The van der Waals surface area contributed by atoms with Crippen LogP contribution < -0.4 is 19.9 Å². The molecule has 6 heteroatoms. The molecular weight excluding hydrogens is 354 g/mol. The zero-order chi connectivity index (χ0) is 20.3. The Labute approximate surface area is 164 Å². The molecule has 0 spiro atoms. The molecule has 142 valence electrons. The smallest absolute Gasteiger partial charge is 0.203 e. The van der Waals surface area contributed by atoms with Gasteiger partial charge < -0.3 is 19.9 Å². The van der Waals surface area contributed by atoms with Gasteiger partial charge in [0.15, 0.2) is 11.5 Å². The van der Waals surface area contributed by atoms with Gasteiger partial charge in [-0.2, -0.15) is 5.26 Å². The van der Waals surface area contributed by atoms with Crippen LogP contribution in [-0.2, 0) is 0 Å². The van der Waals surface area contributed by atoms with Gasteiger partial charge >= 0.3 is 0 Å². The first-order chi connectivity index (χ1) is 13.5. The lowest BCUT2D eigenvalue weighted by atomic mass is 9.96. The first kappa shape index (κ1) is 19.1. The van der Waals surface area contributed by atoms with Gasteiger partial charge in [0.05, 0.1) is 27.0 Å². The van der Waals surface area contributed by atoms with Gasteiger partial charge in [-0.3, -0.25) is 0 Å². The van der Waals surface area contributed by atoms with Crippen molar-refractivity contribution in [1.82, 2.24) is 4.98 Å². The van der Waals surface area contributed by atoms with Crippen molar-refractivity contribution in [2.45, 2.75) is 6.92 Å². The molecule has 3 aromatic rings. The molecule has 2 aromatic carbocycles. The Morgan fingerprint density at radius 3 is 2.21 bits per heavy atom. The molecule has 0 amide bonds. The van der Waals surface area contributed by atoms with E-state index in [0.717, 1.165) is 11.1 Å². The lowest BCUT2D eigenvalue weighted by Gasteiger charge is -2.18. The largest absolute Gasteiger partial charge is 0.493 e. The molecule has 0 radical (unpaired) electrons. The number of benzene rings is 2. The maximum absolute atomic E-state index is 9.70. The number of aryl methyl sites for hydroxylation is 1. The highest BCUT2D eigenvalue weighted by atomic mass is 16.5. The minimum Gasteiger partial charge on any atom is -0.493 e. The summed E-state index contributed by atoms with van der Waals surface area (Å²) in [6, 6.07) is 15.5. The van der Waals surface area contributed by atoms with E-state index in [9.17, 15) is 5.26 Å². The third-order valence-corrected chi connectivity index (χ3v) is 4.57. The van der Waals surface area contributed by atoms with Crippen LogP contribution in [0, 0.1) is 18.3 Å². The van der Waals surface area contributed by atoms with Gasteiger partial charge in [0.25, 0.3) is 0 Å². The predicted molar refractivity (Wildman–Crippen MR) is 109 cm³/mol. The van der Waals surface area contributed by atoms with Crippen LogP contribution in [0.3, 0.4) is 0 Å². The van der Waals surface area contributed by atoms with Gasteiger partial charge in [0, 0.05) is 16.7 Å². The molecular formula is C22H21N3O3. The summed E-state index contributed by atoms with van der Waals surface area (Å²) < 4.78 is 16.4. The van der Waals surface area contributed by atoms with Crippen molar-refractivity contribution in [2.24, 2.45) is 0 Å². The summed E-state index contributed by atoms with van der Waals surface area (Å²) in [7, 11) is 4.63. The molecule has 3 rings (SSSR count). The molecule has 0 fully saturated rings. The van der Waals surface area contributed by atoms with E-state index in [1.807, 2.05) is 43.3 Å². The van der Waals surface area contributed by atoms with Gasteiger partial charge in [-0.1, -0.05) is 24.3 Å². The lowest BCUT2D eigenvalue weighted by Crippen LogP contribution is -2.02. The Kier molecular flexibility index (Phi) is 5.37. The number of methoxy groups -OCH3 is 3. The zero-order valence-corrected chi connectivity index (χ0v) is 16.2. The molecule has 0 bridgehead atoms. The molecule has 0 aliphatic rings. The van der Waals surface area contributed by atoms with Crippen LogP contribution >= 0.6 is 0 Å². The van der Waals surface area contributed by atoms with Crippen LogP contribution in [0.4, 0.5) is 5.82 Å². The topological polar surface area (TPSA) is 90.4 Å². The number of hydrogen-bond donors (Lipinski definition) is 1. The minimum absolute atomic E-state index is 0.162. The number of anilines is 1. The molecule has 0 atom stereocenters. The molecule has 0 saturated carbocycles. The number of nitrogen functional groups attached to an aromatic ring is 1. The summed E-state index contributed by atoms with van der Waals surface area (Å²) in [5.41, 5.74) is 10.4. The number of pyridine rings is 1. The quantitative estimate of drug-likeness (QED) is 0.719. The van der Waals surface area contributed by atoms with Crippen molar-refractivity contribution in [3.05, 3.63) is 53.6 Å². The van der Waals surface area contributed by atoms with E-state index >= 15 is 0 Å². The van der Waals surface area contributed by atoms with Crippen LogP contribution in [0.5, 0.6) is 17.2 Å². The Bertz CT molecular complexity index is 1070. The summed E-state index contributed by atoms with van der Waals surface area (Å²) in [6.45, 7) is 2.00. The Morgan fingerprint density at radius 2 is 1.61 bits per heavy atom. The van der Waals surface area contributed by atoms with Gasteiger partial charge in [0.1, 0.15) is 17.5 Å². The monoisotopic (exact) mass is 375 g/mol. The van der Waals surface area contributed by atoms with Crippen molar-refractivity contribution >= 4 is 5.82 Å². The van der Waals surface area contributed by atoms with Crippen LogP contribution in [0.15, 0.2) is 42.5 Å². The zero-order valence-electron chi connectivity index (χ0n) is 16.2. The fourth-order valence-electron chi connectivity index (χ4n) is 3.21. The summed E-state index contributed by atoms with van der Waals surface area (Å²) in [5, 5.41) is 9.70. The van der Waals surface area contributed by atoms with E-state index < -0.39 is 0 Å². The number of ether oxygens (including phenoxy) is 3. The van der Waals surface area contributed by atoms with Crippen molar-refractivity contribution in [2.75, 3.05) is 27.1 Å². The highest BCUT2D eigenvalue weighted by Crippen LogP contribution is 2.46. The number of hydrogen-bond acceptors (Lipinski definition) is 6. The normalized spacial score (nSPS) is 10.2. The fraction of sp³-hybridized carbons (Fsp3) is 0.182. The Hall–Kier alpha value is -3.72. The van der Waals surface area contributed by atoms with Gasteiger partial charge in [-0.15, -0.1) is 0 Å². The number of aromatic nitrogens is 1. The van der Waals surface area contributed by atoms with E-state index in [4.69, 9.17) is 19.9 Å². The van der Waals surface area contributed by atoms with Crippen molar-refractivity contribution in [3.8, 4) is 45.7 Å². The van der Waals surface area contributed by atoms with Crippen LogP contribution in [0.2, 0.25) is 0 Å². The van der Waals surface area contributed by atoms with Crippen molar-refractivity contribution in [3.63, 3.8) is 0 Å². The SMILES string of the molecule is COc1ccc(-c2cc(-c3ccccc3C)nc(N)c2C#N)c(OC)c1OC. The first-order valence-corrected chi connectivity index (χ1v) is 8.61. The van der Waals surface area contributed by atoms with Crippen LogP contribution in [0.1, 0.15) is 11.1 Å². The summed E-state index contributed by atoms with van der Waals surface area (Å²) in [4.78, 5) is 4.45. The summed E-state index contributed by atoms with van der Waals surface area (Å²) in [6.07, 6.45) is 0. The molecule has 0 saturated heterocycles. The van der Waals surface area contributed by atoms with Crippen molar-refractivity contribution < 1.29 is 14.2 Å². The van der Waals surface area contributed by atoms with Crippen LogP contribution in [0.25, 0.3) is 22.4 Å². The molecule has 2 N–H and O–H groups in total. The molecule has 0 unspecified atom stereocenters. The first-order valence-electron chi connectivity index (χ1n) is 8.61. The minimum atomic E-state index is 0.162. The predicted octanol–water partition coefficient (Wildman–Crippen LogP) is 4.20. The van der Waals surface area contributed by atoms with Crippen molar-refractivity contribution in [1.29, 1.82) is 5.26 Å². The van der Waals surface area contributed by atoms with Gasteiger partial charge in [-0.05, 0) is 30.7 Å². The number of nitrogens with zero attached hydrogens (tertiary/aromatic N) is 2. The second kappa shape index (κ2) is 7.89. The highest BCUT2D eigenvalue weighted by molar-refractivity contribution is 5.85. The van der Waals surface area contributed by atoms with E-state index in [2.05, 4.69) is 11.1 Å². The Morgan fingerprint density at radius 1 is 0.893 bits per heavy atom. The second-order valence-electron chi connectivity index (χ2n) is 6.12.